The molecule has 278 valence electrons. The van der Waals surface area contributed by atoms with Crippen molar-refractivity contribution < 1.29 is 22.9 Å². The number of amides is 1. The smallest absolute Gasteiger partial charge is 0.267 e. The fourth-order valence-corrected chi connectivity index (χ4v) is 6.25. The molecule has 0 saturated carbocycles. The first-order valence-corrected chi connectivity index (χ1v) is 21.1. The fourth-order valence-electron chi connectivity index (χ4n) is 5.52. The van der Waals surface area contributed by atoms with Crippen LogP contribution in [-0.2, 0) is 14.9 Å². The van der Waals surface area contributed by atoms with Crippen LogP contribution in [0.25, 0.3) is 0 Å². The van der Waals surface area contributed by atoms with Gasteiger partial charge in [-0.3, -0.25) is 9.35 Å². The molecule has 0 heterocycles. The zero-order valence-corrected chi connectivity index (χ0v) is 31.7. The van der Waals surface area contributed by atoms with E-state index >= 15 is 0 Å². The van der Waals surface area contributed by atoms with Crippen molar-refractivity contribution in [1.82, 2.24) is 5.32 Å². The minimum absolute atomic E-state index is 0.279. The lowest BCUT2D eigenvalue weighted by Crippen LogP contribution is -2.46. The molecular formula is C41H73NO5S. The summed E-state index contributed by atoms with van der Waals surface area (Å²) in [7, 11) is -4.35. The molecule has 0 spiro atoms. The summed E-state index contributed by atoms with van der Waals surface area (Å²) in [5.41, 5.74) is 0. The summed E-state index contributed by atoms with van der Waals surface area (Å²) in [6.45, 7) is 4.37. The number of unbranched alkanes of at least 4 members (excludes halogenated alkanes) is 18. The number of allylic oxidation sites excluding steroid dienone is 9. The standard InChI is InChI=1S/C41H73NO5S/c1-3-5-7-9-11-13-15-16-17-18-19-20-21-22-23-24-25-26-27-29-31-33-35-37-41(44)42-39(38-48(45,46)47)40(43)36-34-32-30-28-14-12-10-8-6-4-2/h6,8,14-16,18-19,28,34,36,39-40,43H,3-5,7,9-13,17,20-27,29-33,35,37-38H2,1-2H3,(H,42,44)(H,45,46,47)/b8-6+,16-15-,19-18-,28-14+,36-34+. The summed E-state index contributed by atoms with van der Waals surface area (Å²) in [5, 5.41) is 13.1. The van der Waals surface area contributed by atoms with Crippen LogP contribution in [0.15, 0.2) is 60.8 Å². The van der Waals surface area contributed by atoms with Crippen molar-refractivity contribution in [3.8, 4) is 0 Å². The summed E-state index contributed by atoms with van der Waals surface area (Å²) in [6, 6.07) is -1.08. The van der Waals surface area contributed by atoms with Gasteiger partial charge in [0.25, 0.3) is 10.1 Å². The van der Waals surface area contributed by atoms with E-state index in [4.69, 9.17) is 0 Å². The molecular weight excluding hydrogens is 619 g/mol. The van der Waals surface area contributed by atoms with E-state index in [1.165, 1.54) is 102 Å². The maximum atomic E-state index is 12.5. The Balaban J connectivity index is 3.87. The van der Waals surface area contributed by atoms with Crippen molar-refractivity contribution in [3.63, 3.8) is 0 Å². The van der Waals surface area contributed by atoms with Crippen LogP contribution in [0.2, 0.25) is 0 Å². The highest BCUT2D eigenvalue weighted by Crippen LogP contribution is 2.13. The normalized spacial score (nSPS) is 14.0. The van der Waals surface area contributed by atoms with Gasteiger partial charge in [0.15, 0.2) is 0 Å². The summed E-state index contributed by atoms with van der Waals surface area (Å²) >= 11 is 0. The first-order valence-electron chi connectivity index (χ1n) is 19.5. The predicted octanol–water partition coefficient (Wildman–Crippen LogP) is 11.3. The van der Waals surface area contributed by atoms with Gasteiger partial charge in [0.2, 0.25) is 5.91 Å². The zero-order valence-electron chi connectivity index (χ0n) is 30.8. The SMILES string of the molecule is CC/C=C/CC/C=C/CC/C=C/C(O)C(CS(=O)(=O)O)NC(=O)CCCCCCCCCCCCC/C=C\C/C=C\CCCCCCC. The molecule has 1 amide bonds. The van der Waals surface area contributed by atoms with Gasteiger partial charge in [-0.2, -0.15) is 8.42 Å². The molecule has 3 N–H and O–H groups in total. The van der Waals surface area contributed by atoms with Crippen LogP contribution in [0.5, 0.6) is 0 Å². The lowest BCUT2D eigenvalue weighted by atomic mass is 10.0. The predicted molar refractivity (Wildman–Crippen MR) is 207 cm³/mol. The topological polar surface area (TPSA) is 104 Å². The second-order valence-corrected chi connectivity index (χ2v) is 14.7. The number of carbonyl (C=O) groups excluding carboxylic acids is 1. The highest BCUT2D eigenvalue weighted by molar-refractivity contribution is 7.85. The number of nitrogens with one attached hydrogen (secondary N) is 1. The Kier molecular flexibility index (Phi) is 33.5. The summed E-state index contributed by atoms with van der Waals surface area (Å²) in [6.07, 6.45) is 48.0. The van der Waals surface area contributed by atoms with Crippen molar-refractivity contribution in [2.75, 3.05) is 5.75 Å². The summed E-state index contributed by atoms with van der Waals surface area (Å²) < 4.78 is 32.3. The Labute approximate surface area is 296 Å². The number of aliphatic hydroxyl groups excluding tert-OH is 1. The molecule has 0 rings (SSSR count). The van der Waals surface area contributed by atoms with Gasteiger partial charge in [-0.05, 0) is 70.6 Å². The molecule has 0 aromatic carbocycles. The monoisotopic (exact) mass is 692 g/mol. The molecule has 48 heavy (non-hydrogen) atoms. The molecule has 0 bridgehead atoms. The van der Waals surface area contributed by atoms with Crippen LogP contribution >= 0.6 is 0 Å². The Morgan fingerprint density at radius 1 is 0.583 bits per heavy atom. The third kappa shape index (κ3) is 35.3. The Bertz CT molecular complexity index is 983. The van der Waals surface area contributed by atoms with Crippen molar-refractivity contribution in [2.24, 2.45) is 0 Å². The van der Waals surface area contributed by atoms with Crippen molar-refractivity contribution in [3.05, 3.63) is 60.8 Å². The maximum absolute atomic E-state index is 12.5. The summed E-state index contributed by atoms with van der Waals surface area (Å²) in [5.74, 6) is -1.02. The van der Waals surface area contributed by atoms with Crippen molar-refractivity contribution in [1.29, 1.82) is 0 Å². The van der Waals surface area contributed by atoms with Crippen molar-refractivity contribution >= 4 is 16.0 Å². The minimum atomic E-state index is -4.35. The van der Waals surface area contributed by atoms with Gasteiger partial charge in [0.05, 0.1) is 17.9 Å². The zero-order chi connectivity index (χ0) is 35.4. The van der Waals surface area contributed by atoms with E-state index in [0.29, 0.717) is 6.42 Å². The van der Waals surface area contributed by atoms with E-state index in [9.17, 15) is 22.9 Å². The largest absolute Gasteiger partial charge is 0.387 e. The molecule has 0 radical (unpaired) electrons. The van der Waals surface area contributed by atoms with Gasteiger partial charge >= 0.3 is 0 Å². The quantitative estimate of drug-likeness (QED) is 0.0354. The second kappa shape index (κ2) is 34.9. The number of hydrogen-bond acceptors (Lipinski definition) is 4. The first-order chi connectivity index (χ1) is 23.3. The van der Waals surface area contributed by atoms with E-state index in [-0.39, 0.29) is 12.3 Å². The molecule has 2 atom stereocenters. The van der Waals surface area contributed by atoms with Gasteiger partial charge < -0.3 is 10.4 Å². The van der Waals surface area contributed by atoms with Crippen LogP contribution in [0, 0.1) is 0 Å². The molecule has 6 nitrogen and oxygen atoms in total. The van der Waals surface area contributed by atoms with Crippen LogP contribution in [-0.4, -0.2) is 41.9 Å². The van der Waals surface area contributed by atoms with Gasteiger partial charge in [0, 0.05) is 6.42 Å². The lowest BCUT2D eigenvalue weighted by Gasteiger charge is -2.21. The molecule has 0 aliphatic rings. The Morgan fingerprint density at radius 2 is 1.02 bits per heavy atom. The lowest BCUT2D eigenvalue weighted by molar-refractivity contribution is -0.122. The molecule has 0 aliphatic heterocycles. The first kappa shape index (κ1) is 46.0. The minimum Gasteiger partial charge on any atom is -0.387 e. The van der Waals surface area contributed by atoms with Gasteiger partial charge in [0.1, 0.15) is 0 Å². The number of hydrogen-bond donors (Lipinski definition) is 3. The molecule has 2 unspecified atom stereocenters. The summed E-state index contributed by atoms with van der Waals surface area (Å²) in [4.78, 5) is 12.5. The average Bonchev–Trinajstić information content (AvgIpc) is 3.05. The van der Waals surface area contributed by atoms with Crippen LogP contribution in [0.4, 0.5) is 0 Å². The Morgan fingerprint density at radius 3 is 1.52 bits per heavy atom. The van der Waals surface area contributed by atoms with Gasteiger partial charge in [-0.15, -0.1) is 0 Å². The van der Waals surface area contributed by atoms with E-state index < -0.39 is 28.0 Å². The van der Waals surface area contributed by atoms with E-state index in [1.807, 2.05) is 0 Å². The highest BCUT2D eigenvalue weighted by atomic mass is 32.2. The van der Waals surface area contributed by atoms with Crippen LogP contribution < -0.4 is 5.32 Å². The molecule has 7 heteroatoms. The number of rotatable bonds is 34. The molecule has 0 saturated heterocycles. The maximum Gasteiger partial charge on any atom is 0.267 e. The molecule has 0 aromatic heterocycles. The van der Waals surface area contributed by atoms with Crippen LogP contribution in [0.1, 0.15) is 174 Å². The Hall–Kier alpha value is -1.96. The third-order valence-electron chi connectivity index (χ3n) is 8.41. The van der Waals surface area contributed by atoms with Gasteiger partial charge in [-0.25, -0.2) is 0 Å². The van der Waals surface area contributed by atoms with Crippen molar-refractivity contribution in [2.45, 2.75) is 187 Å². The average molecular weight is 692 g/mol. The van der Waals surface area contributed by atoms with Crippen LogP contribution in [0.3, 0.4) is 0 Å². The van der Waals surface area contributed by atoms with E-state index in [2.05, 4.69) is 67.8 Å². The number of aliphatic hydroxyl groups is 1. The third-order valence-corrected chi connectivity index (χ3v) is 9.19. The molecule has 0 aromatic rings. The number of carbonyl (C=O) groups is 1. The van der Waals surface area contributed by atoms with Gasteiger partial charge in [-0.1, -0.05) is 158 Å². The molecule has 0 aliphatic carbocycles. The van der Waals surface area contributed by atoms with E-state index in [1.54, 1.807) is 6.08 Å². The highest BCUT2D eigenvalue weighted by Gasteiger charge is 2.24. The molecule has 0 fully saturated rings. The second-order valence-electron chi connectivity index (χ2n) is 13.2. The fraction of sp³-hybridized carbons (Fsp3) is 0.732. The van der Waals surface area contributed by atoms with E-state index in [0.717, 1.165) is 51.4 Å².